The van der Waals surface area contributed by atoms with Gasteiger partial charge >= 0.3 is 5.97 Å². The number of aliphatic carboxylic acids is 1. The number of hydrogen-bond donors (Lipinski definition) is 1. The quantitative estimate of drug-likeness (QED) is 0.705. The van der Waals surface area contributed by atoms with Crippen LogP contribution in [0.4, 0.5) is 0 Å². The Hall–Kier alpha value is -1.95. The number of thioether (sulfide) groups is 1. The first-order chi connectivity index (χ1) is 12.1. The Balaban J connectivity index is 0.00000151. The van der Waals surface area contributed by atoms with Gasteiger partial charge in [0.1, 0.15) is 11.5 Å². The van der Waals surface area contributed by atoms with Crippen molar-refractivity contribution in [3.63, 3.8) is 0 Å². The second-order valence-electron chi connectivity index (χ2n) is 5.09. The van der Waals surface area contributed by atoms with Gasteiger partial charge in [-0.1, -0.05) is 32.9 Å². The maximum atomic E-state index is 10.5. The van der Waals surface area contributed by atoms with Crippen LogP contribution in [-0.2, 0) is 23.4 Å². The predicted molar refractivity (Wildman–Crippen MR) is 101 cm³/mol. The summed E-state index contributed by atoms with van der Waals surface area (Å²) in [6.45, 7) is 8.43. The largest absolute Gasteiger partial charge is 0.493 e. The lowest BCUT2D eigenvalue weighted by molar-refractivity contribution is -0.133. The predicted octanol–water partition coefficient (Wildman–Crippen LogP) is 4.51. The van der Waals surface area contributed by atoms with E-state index in [0.717, 1.165) is 29.2 Å². The molecule has 0 atom stereocenters. The van der Waals surface area contributed by atoms with Crippen LogP contribution in [0.3, 0.4) is 0 Å². The van der Waals surface area contributed by atoms with Gasteiger partial charge in [0.25, 0.3) is 0 Å². The number of oxazole rings is 1. The zero-order valence-electron chi connectivity index (χ0n) is 15.4. The summed E-state index contributed by atoms with van der Waals surface area (Å²) in [4.78, 5) is 14.9. The second-order valence-corrected chi connectivity index (χ2v) is 6.07. The third-order valence-electron chi connectivity index (χ3n) is 3.21. The van der Waals surface area contributed by atoms with Gasteiger partial charge in [0, 0.05) is 25.5 Å². The first kappa shape index (κ1) is 21.1. The van der Waals surface area contributed by atoms with Crippen LogP contribution in [-0.4, -0.2) is 28.4 Å². The number of hydrogen-bond acceptors (Lipinski definition) is 5. The van der Waals surface area contributed by atoms with Crippen LogP contribution in [0.15, 0.2) is 28.7 Å². The molecule has 0 radical (unpaired) electrons. The minimum absolute atomic E-state index is 0.108. The zero-order valence-corrected chi connectivity index (χ0v) is 16.2. The lowest BCUT2D eigenvalue weighted by Crippen LogP contribution is -2.04. The molecule has 0 saturated carbocycles. The molecule has 0 fully saturated rings. The van der Waals surface area contributed by atoms with E-state index in [2.05, 4.69) is 4.98 Å². The van der Waals surface area contributed by atoms with Crippen molar-refractivity contribution in [2.45, 2.75) is 46.3 Å². The Morgan fingerprint density at radius 1 is 1.36 bits per heavy atom. The molecule has 0 bridgehead atoms. The first-order valence-electron chi connectivity index (χ1n) is 8.55. The van der Waals surface area contributed by atoms with Crippen LogP contribution in [0, 0.1) is 6.92 Å². The standard InChI is InChI=1S/C17H21NO4S.C2H6/c1-3-16-15(18-12(2)22-16)7-8-21-14-6-4-5-13(9-14)10-23-11-17(19)20;1-2/h4-6,9H,3,7-8,10-11H2,1-2H3,(H,19,20);1-2H3. The highest BCUT2D eigenvalue weighted by Gasteiger charge is 2.09. The monoisotopic (exact) mass is 365 g/mol. The molecule has 0 spiro atoms. The van der Waals surface area contributed by atoms with E-state index in [9.17, 15) is 4.79 Å². The summed E-state index contributed by atoms with van der Waals surface area (Å²) in [7, 11) is 0. The van der Waals surface area contributed by atoms with Crippen molar-refractivity contribution in [1.82, 2.24) is 4.98 Å². The van der Waals surface area contributed by atoms with Gasteiger partial charge in [-0.05, 0) is 17.7 Å². The average Bonchev–Trinajstić information content (AvgIpc) is 2.96. The molecule has 0 amide bonds. The second kappa shape index (κ2) is 11.6. The molecule has 1 heterocycles. The molecule has 2 aromatic rings. The van der Waals surface area contributed by atoms with E-state index in [1.807, 2.05) is 52.0 Å². The van der Waals surface area contributed by atoms with Crippen molar-refractivity contribution in [1.29, 1.82) is 0 Å². The van der Waals surface area contributed by atoms with Gasteiger partial charge in [0.15, 0.2) is 5.89 Å². The van der Waals surface area contributed by atoms with Crippen molar-refractivity contribution in [3.05, 3.63) is 47.2 Å². The van der Waals surface area contributed by atoms with Crippen molar-refractivity contribution >= 4 is 17.7 Å². The van der Waals surface area contributed by atoms with Gasteiger partial charge < -0.3 is 14.3 Å². The van der Waals surface area contributed by atoms with Crippen LogP contribution < -0.4 is 4.74 Å². The molecule has 5 nitrogen and oxygen atoms in total. The molecule has 1 aromatic heterocycles. The van der Waals surface area contributed by atoms with Gasteiger partial charge in [-0.2, -0.15) is 0 Å². The van der Waals surface area contributed by atoms with E-state index in [1.165, 1.54) is 11.8 Å². The van der Waals surface area contributed by atoms with Gasteiger partial charge in [-0.15, -0.1) is 11.8 Å². The fourth-order valence-corrected chi connectivity index (χ4v) is 2.92. The third kappa shape index (κ3) is 7.65. The van der Waals surface area contributed by atoms with Crippen LogP contribution in [0.2, 0.25) is 0 Å². The first-order valence-corrected chi connectivity index (χ1v) is 9.70. The molecule has 0 unspecified atom stereocenters. The maximum Gasteiger partial charge on any atom is 0.313 e. The van der Waals surface area contributed by atoms with Crippen molar-refractivity contribution in [3.8, 4) is 5.75 Å². The van der Waals surface area contributed by atoms with E-state index >= 15 is 0 Å². The fraction of sp³-hybridized carbons (Fsp3) is 0.474. The van der Waals surface area contributed by atoms with E-state index in [4.69, 9.17) is 14.3 Å². The van der Waals surface area contributed by atoms with Gasteiger partial charge in [-0.25, -0.2) is 4.98 Å². The summed E-state index contributed by atoms with van der Waals surface area (Å²) >= 11 is 1.37. The van der Waals surface area contributed by atoms with Gasteiger partial charge in [-0.3, -0.25) is 4.79 Å². The van der Waals surface area contributed by atoms with Crippen LogP contribution in [0.25, 0.3) is 0 Å². The molecule has 0 aliphatic rings. The Bertz CT molecular complexity index is 655. The summed E-state index contributed by atoms with van der Waals surface area (Å²) in [5.41, 5.74) is 2.01. The van der Waals surface area contributed by atoms with Crippen molar-refractivity contribution in [2.24, 2.45) is 0 Å². The topological polar surface area (TPSA) is 72.6 Å². The molecule has 6 heteroatoms. The number of rotatable bonds is 9. The molecular weight excluding hydrogens is 338 g/mol. The summed E-state index contributed by atoms with van der Waals surface area (Å²) in [6.07, 6.45) is 1.53. The number of carboxylic acid groups (broad SMARTS) is 1. The average molecular weight is 365 g/mol. The third-order valence-corrected chi connectivity index (χ3v) is 4.20. The number of aromatic nitrogens is 1. The van der Waals surface area contributed by atoms with Crippen LogP contribution >= 0.6 is 11.8 Å². The number of carbonyl (C=O) groups is 1. The summed E-state index contributed by atoms with van der Waals surface area (Å²) in [5, 5.41) is 8.66. The number of carboxylic acids is 1. The highest BCUT2D eigenvalue weighted by atomic mass is 32.2. The van der Waals surface area contributed by atoms with E-state index in [0.29, 0.717) is 24.7 Å². The van der Waals surface area contributed by atoms with E-state index in [1.54, 1.807) is 0 Å². The van der Waals surface area contributed by atoms with Gasteiger partial charge in [0.2, 0.25) is 0 Å². The molecule has 138 valence electrons. The van der Waals surface area contributed by atoms with Crippen LogP contribution in [0.5, 0.6) is 5.75 Å². The van der Waals surface area contributed by atoms with Crippen molar-refractivity contribution in [2.75, 3.05) is 12.4 Å². The summed E-state index contributed by atoms with van der Waals surface area (Å²) in [6, 6.07) is 7.74. The summed E-state index contributed by atoms with van der Waals surface area (Å²) in [5.74, 6) is 2.37. The van der Waals surface area contributed by atoms with Gasteiger partial charge in [0.05, 0.1) is 18.1 Å². The smallest absolute Gasteiger partial charge is 0.313 e. The molecule has 2 rings (SSSR count). The molecule has 0 saturated heterocycles. The molecular formula is C19H27NO4S. The minimum atomic E-state index is -0.794. The maximum absolute atomic E-state index is 10.5. The number of nitrogens with zero attached hydrogens (tertiary/aromatic N) is 1. The molecule has 1 N–H and O–H groups in total. The Labute approximate surface area is 153 Å². The molecule has 1 aromatic carbocycles. The Morgan fingerprint density at radius 2 is 2.12 bits per heavy atom. The lowest BCUT2D eigenvalue weighted by Gasteiger charge is -2.07. The molecule has 0 aliphatic carbocycles. The van der Waals surface area contributed by atoms with E-state index < -0.39 is 5.97 Å². The highest BCUT2D eigenvalue weighted by molar-refractivity contribution is 7.99. The SMILES string of the molecule is CC.CCc1oc(C)nc1CCOc1cccc(CSCC(=O)O)c1. The van der Waals surface area contributed by atoms with Crippen molar-refractivity contribution < 1.29 is 19.1 Å². The number of benzene rings is 1. The lowest BCUT2D eigenvalue weighted by atomic mass is 10.2. The van der Waals surface area contributed by atoms with E-state index in [-0.39, 0.29) is 5.75 Å². The Morgan fingerprint density at radius 3 is 2.80 bits per heavy atom. The fourth-order valence-electron chi connectivity index (χ4n) is 2.23. The molecule has 25 heavy (non-hydrogen) atoms. The van der Waals surface area contributed by atoms with Crippen LogP contribution in [0.1, 0.15) is 43.7 Å². The molecule has 0 aliphatic heterocycles. The Kier molecular flexibility index (Phi) is 9.77. The summed E-state index contributed by atoms with van der Waals surface area (Å²) < 4.78 is 11.3. The number of ether oxygens (including phenoxy) is 1. The normalized spacial score (nSPS) is 10.1. The minimum Gasteiger partial charge on any atom is -0.493 e. The highest BCUT2D eigenvalue weighted by Crippen LogP contribution is 2.19. The zero-order chi connectivity index (χ0) is 18.7. The number of aryl methyl sites for hydroxylation is 2.